The van der Waals surface area contributed by atoms with Crippen LogP contribution < -0.4 is 4.90 Å². The van der Waals surface area contributed by atoms with Gasteiger partial charge in [-0.2, -0.15) is 0 Å². The smallest absolute Gasteiger partial charge is 0.0555 e. The molecule has 63 heavy (non-hydrogen) atoms. The van der Waals surface area contributed by atoms with Crippen LogP contribution in [0.3, 0.4) is 0 Å². The van der Waals surface area contributed by atoms with Crippen molar-refractivity contribution in [2.24, 2.45) is 0 Å². The maximum atomic E-state index is 3.76. The van der Waals surface area contributed by atoms with Crippen LogP contribution in [0.15, 0.2) is 224 Å². The Morgan fingerprint density at radius 1 is 0.429 bits per heavy atom. The summed E-state index contributed by atoms with van der Waals surface area (Å²) >= 11 is 1.88. The Hall–Kier alpha value is -7.72. The lowest BCUT2D eigenvalue weighted by molar-refractivity contribution is 1.06. The predicted molar refractivity (Wildman–Crippen MR) is 271 cm³/mol. The molecule has 3 heteroatoms. The molecule has 0 atom stereocenters. The molecule has 298 valence electrons. The second-order valence-electron chi connectivity index (χ2n) is 16.4. The second-order valence-corrected chi connectivity index (χ2v) is 17.5. The molecule has 2 nitrogen and oxygen atoms in total. The number of rotatable bonds is 8. The van der Waals surface area contributed by atoms with E-state index in [-0.39, 0.29) is 0 Å². The topological polar surface area (TPSA) is 19.0 Å². The Kier molecular flexibility index (Phi) is 9.20. The molecular formula is C60H42N2S. The molecule has 0 bridgehead atoms. The molecule has 0 aliphatic heterocycles. The zero-order valence-electron chi connectivity index (χ0n) is 34.6. The average Bonchev–Trinajstić information content (AvgIpc) is 3.94. The SMILES string of the molecule is C1=CC(c2ccc(N(c3ccc4[nH]c5cc(-c6ccccc6)ccc5c4c3)c3ccc(-c4ccccc4)c4sc5ccccc5c34)cc2)=C(c2ccccc2-c2ccccc2)CC1. The first-order valence-corrected chi connectivity index (χ1v) is 22.6. The number of hydrogen-bond donors (Lipinski definition) is 1. The van der Waals surface area contributed by atoms with Crippen molar-refractivity contribution in [1.82, 2.24) is 4.98 Å². The van der Waals surface area contributed by atoms with Crippen molar-refractivity contribution < 1.29 is 0 Å². The van der Waals surface area contributed by atoms with Crippen LogP contribution in [0.4, 0.5) is 17.1 Å². The number of fused-ring (bicyclic) bond motifs is 6. The Bertz CT molecular complexity index is 3540. The van der Waals surface area contributed by atoms with E-state index in [0.717, 1.165) is 40.9 Å². The fourth-order valence-electron chi connectivity index (χ4n) is 9.73. The van der Waals surface area contributed by atoms with Gasteiger partial charge < -0.3 is 9.88 Å². The van der Waals surface area contributed by atoms with Gasteiger partial charge in [-0.1, -0.05) is 176 Å². The van der Waals surface area contributed by atoms with Crippen molar-refractivity contribution in [3.05, 3.63) is 236 Å². The second kappa shape index (κ2) is 15.6. The molecule has 0 saturated heterocycles. The highest BCUT2D eigenvalue weighted by Crippen LogP contribution is 2.49. The number of nitrogens with one attached hydrogen (secondary N) is 1. The minimum Gasteiger partial charge on any atom is -0.354 e. The summed E-state index contributed by atoms with van der Waals surface area (Å²) in [7, 11) is 0. The van der Waals surface area contributed by atoms with Crippen LogP contribution in [0.2, 0.25) is 0 Å². The lowest BCUT2D eigenvalue weighted by Crippen LogP contribution is -2.10. The first-order chi connectivity index (χ1) is 31.2. The Balaban J connectivity index is 1.05. The van der Waals surface area contributed by atoms with Gasteiger partial charge in [0.1, 0.15) is 0 Å². The van der Waals surface area contributed by atoms with Crippen molar-refractivity contribution in [2.75, 3.05) is 4.90 Å². The van der Waals surface area contributed by atoms with Gasteiger partial charge in [0, 0.05) is 53.4 Å². The maximum absolute atomic E-state index is 3.76. The molecule has 1 aliphatic rings. The summed E-state index contributed by atoms with van der Waals surface area (Å²) in [6.07, 6.45) is 6.69. The van der Waals surface area contributed by atoms with Crippen LogP contribution in [0, 0.1) is 0 Å². The van der Waals surface area contributed by atoms with Crippen molar-refractivity contribution in [2.45, 2.75) is 12.8 Å². The van der Waals surface area contributed by atoms with E-state index in [4.69, 9.17) is 0 Å². The third-order valence-electron chi connectivity index (χ3n) is 12.7. The molecule has 1 N–H and O–H groups in total. The normalized spacial score (nSPS) is 12.8. The standard InChI is InChI=1S/C60H42N2S/c1-4-16-40(17-5-1)44-30-34-52-54-39-46(33-36-55(54)61-56(52)38-44)62(57-37-35-49(42-20-8-3-9-21-42)60-59(57)53-26-14-15-27-58(53)63-60)45-31-28-43(29-32-45)48-23-11-13-25-51(48)50-24-12-10-22-47(50)41-18-6-2-7-19-41/h1-12,14-24,26-39,61H,13,25H2. The zero-order chi connectivity index (χ0) is 41.7. The zero-order valence-corrected chi connectivity index (χ0v) is 35.4. The summed E-state index contributed by atoms with van der Waals surface area (Å²) in [5.41, 5.74) is 18.3. The van der Waals surface area contributed by atoms with Crippen LogP contribution in [0.1, 0.15) is 24.0 Å². The van der Waals surface area contributed by atoms with Gasteiger partial charge in [0.25, 0.3) is 0 Å². The van der Waals surface area contributed by atoms with Crippen LogP contribution >= 0.6 is 11.3 Å². The van der Waals surface area contributed by atoms with Crippen molar-refractivity contribution in [3.63, 3.8) is 0 Å². The minimum absolute atomic E-state index is 0.998. The van der Waals surface area contributed by atoms with Gasteiger partial charge in [-0.15, -0.1) is 11.3 Å². The number of aromatic nitrogens is 1. The molecule has 1 aliphatic carbocycles. The molecule has 2 aromatic heterocycles. The molecule has 0 spiro atoms. The number of H-pyrrole nitrogens is 1. The Labute approximate surface area is 371 Å². The summed E-state index contributed by atoms with van der Waals surface area (Å²) < 4.78 is 2.58. The Morgan fingerprint density at radius 3 is 1.86 bits per heavy atom. The Morgan fingerprint density at radius 2 is 1.08 bits per heavy atom. The van der Waals surface area contributed by atoms with E-state index in [9.17, 15) is 0 Å². The quantitative estimate of drug-likeness (QED) is 0.162. The summed E-state index contributed by atoms with van der Waals surface area (Å²) in [6.45, 7) is 0. The highest BCUT2D eigenvalue weighted by Gasteiger charge is 2.23. The molecule has 2 heterocycles. The third kappa shape index (κ3) is 6.57. The minimum atomic E-state index is 0.998. The van der Waals surface area contributed by atoms with E-state index in [1.54, 1.807) is 0 Å². The maximum Gasteiger partial charge on any atom is 0.0555 e. The van der Waals surface area contributed by atoms with E-state index in [2.05, 4.69) is 234 Å². The first kappa shape index (κ1) is 37.1. The van der Waals surface area contributed by atoms with Crippen LogP contribution in [-0.2, 0) is 0 Å². The molecule has 0 amide bonds. The number of benzene rings is 9. The van der Waals surface area contributed by atoms with Crippen molar-refractivity contribution >= 4 is 81.5 Å². The molecule has 0 saturated carbocycles. The molecule has 11 aromatic rings. The summed E-state index contributed by atoms with van der Waals surface area (Å²) in [5, 5.41) is 4.96. The van der Waals surface area contributed by atoms with Crippen LogP contribution in [0.25, 0.3) is 86.5 Å². The van der Waals surface area contributed by atoms with E-state index in [1.165, 1.54) is 86.6 Å². The number of thiophene rings is 1. The molecule has 0 radical (unpaired) electrons. The largest absolute Gasteiger partial charge is 0.354 e. The van der Waals surface area contributed by atoms with E-state index in [1.807, 2.05) is 11.3 Å². The first-order valence-electron chi connectivity index (χ1n) is 21.8. The summed E-state index contributed by atoms with van der Waals surface area (Å²) in [5.74, 6) is 0. The van der Waals surface area contributed by atoms with Gasteiger partial charge >= 0.3 is 0 Å². The van der Waals surface area contributed by atoms with Gasteiger partial charge in [0.05, 0.1) is 5.69 Å². The van der Waals surface area contributed by atoms with Gasteiger partial charge in [-0.05, 0) is 117 Å². The van der Waals surface area contributed by atoms with Crippen molar-refractivity contribution in [3.8, 4) is 33.4 Å². The number of anilines is 3. The number of aromatic amines is 1. The van der Waals surface area contributed by atoms with Crippen LogP contribution in [-0.4, -0.2) is 4.98 Å². The van der Waals surface area contributed by atoms with Crippen molar-refractivity contribution in [1.29, 1.82) is 0 Å². The summed E-state index contributed by atoms with van der Waals surface area (Å²) in [4.78, 5) is 6.24. The highest BCUT2D eigenvalue weighted by atomic mass is 32.1. The molecule has 12 rings (SSSR count). The lowest BCUT2D eigenvalue weighted by Gasteiger charge is -2.28. The van der Waals surface area contributed by atoms with E-state index >= 15 is 0 Å². The molecular weight excluding hydrogens is 781 g/mol. The van der Waals surface area contributed by atoms with E-state index < -0.39 is 0 Å². The van der Waals surface area contributed by atoms with Crippen LogP contribution in [0.5, 0.6) is 0 Å². The molecule has 0 unspecified atom stereocenters. The highest BCUT2D eigenvalue weighted by molar-refractivity contribution is 7.26. The molecule has 0 fully saturated rings. The van der Waals surface area contributed by atoms with Gasteiger partial charge in [-0.3, -0.25) is 0 Å². The number of allylic oxidation sites excluding steroid dienone is 4. The predicted octanol–water partition coefficient (Wildman–Crippen LogP) is 17.4. The fourth-order valence-corrected chi connectivity index (χ4v) is 11.0. The number of nitrogens with zero attached hydrogens (tertiary/aromatic N) is 1. The summed E-state index contributed by atoms with van der Waals surface area (Å²) in [6, 6.07) is 77.7. The fraction of sp³-hybridized carbons (Fsp3) is 0.0333. The number of hydrogen-bond acceptors (Lipinski definition) is 2. The van der Waals surface area contributed by atoms with E-state index in [0.29, 0.717) is 0 Å². The van der Waals surface area contributed by atoms with Gasteiger partial charge in [0.15, 0.2) is 0 Å². The van der Waals surface area contributed by atoms with Gasteiger partial charge in [-0.25, -0.2) is 0 Å². The lowest BCUT2D eigenvalue weighted by atomic mass is 9.84. The van der Waals surface area contributed by atoms with Gasteiger partial charge in [0.2, 0.25) is 0 Å². The third-order valence-corrected chi connectivity index (χ3v) is 13.9. The average molecular weight is 823 g/mol. The monoisotopic (exact) mass is 822 g/mol. The molecule has 9 aromatic carbocycles.